The van der Waals surface area contributed by atoms with E-state index >= 15 is 0 Å². The molecule has 1 amide bonds. The van der Waals surface area contributed by atoms with Crippen LogP contribution in [0.1, 0.15) is 23.8 Å². The molecule has 3 rings (SSSR count). The van der Waals surface area contributed by atoms with E-state index in [-0.39, 0.29) is 23.4 Å². The molecule has 2 aromatic heterocycles. The minimum absolute atomic E-state index is 0.00821. The number of carbonyl (C=O) groups excluding carboxylic acids is 1. The summed E-state index contributed by atoms with van der Waals surface area (Å²) < 4.78 is 26.8. The fourth-order valence-electron chi connectivity index (χ4n) is 3.07. The summed E-state index contributed by atoms with van der Waals surface area (Å²) in [5.41, 5.74) is -0.400. The van der Waals surface area contributed by atoms with Crippen molar-refractivity contribution in [1.82, 2.24) is 13.8 Å². The van der Waals surface area contributed by atoms with Crippen LogP contribution in [0.25, 0.3) is 0 Å². The smallest absolute Gasteiger partial charge is 0.251 e. The van der Waals surface area contributed by atoms with Gasteiger partial charge in [0.1, 0.15) is 6.54 Å². The fourth-order valence-corrected chi connectivity index (χ4v) is 4.87. The Kier molecular flexibility index (Phi) is 5.31. The highest BCUT2D eigenvalue weighted by molar-refractivity contribution is 7.89. The van der Waals surface area contributed by atoms with Gasteiger partial charge in [-0.1, -0.05) is 6.07 Å². The van der Waals surface area contributed by atoms with Crippen LogP contribution >= 0.6 is 11.3 Å². The average molecular weight is 396 g/mol. The third-order valence-corrected chi connectivity index (χ3v) is 7.26. The van der Waals surface area contributed by atoms with E-state index in [4.69, 9.17) is 0 Å². The molecule has 0 spiro atoms. The molecule has 9 heteroatoms. The Morgan fingerprint density at radius 2 is 2.08 bits per heavy atom. The van der Waals surface area contributed by atoms with Crippen molar-refractivity contribution in [2.24, 2.45) is 0 Å². The number of rotatable bonds is 5. The first-order valence-corrected chi connectivity index (χ1v) is 10.6. The molecule has 1 fully saturated rings. The number of sulfonamides is 1. The summed E-state index contributed by atoms with van der Waals surface area (Å²) in [7, 11) is -0.822. The Morgan fingerprint density at radius 1 is 1.31 bits per heavy atom. The molecule has 0 N–H and O–H groups in total. The zero-order chi connectivity index (χ0) is 18.9. The highest BCUT2D eigenvalue weighted by Gasteiger charge is 2.30. The molecule has 0 unspecified atom stereocenters. The number of thiophene rings is 1. The van der Waals surface area contributed by atoms with Gasteiger partial charge in [0.15, 0.2) is 0 Å². The number of amides is 1. The van der Waals surface area contributed by atoms with Crippen molar-refractivity contribution in [2.75, 3.05) is 20.6 Å². The maximum atomic E-state index is 12.8. The maximum absolute atomic E-state index is 12.8. The maximum Gasteiger partial charge on any atom is 0.251 e. The summed E-state index contributed by atoms with van der Waals surface area (Å²) in [6.45, 7) is 0.476. The number of aromatic nitrogens is 1. The largest absolute Gasteiger partial charge is 0.333 e. The average Bonchev–Trinajstić information content (AvgIpc) is 3.27. The van der Waals surface area contributed by atoms with Gasteiger partial charge < -0.3 is 9.47 Å². The molecule has 0 saturated carbocycles. The molecule has 7 nitrogen and oxygen atoms in total. The second-order valence-electron chi connectivity index (χ2n) is 6.38. The minimum Gasteiger partial charge on any atom is -0.333 e. The zero-order valence-corrected chi connectivity index (χ0v) is 16.3. The van der Waals surface area contributed by atoms with Crippen LogP contribution in [-0.2, 0) is 21.4 Å². The normalized spacial score (nSPS) is 17.8. The highest BCUT2D eigenvalue weighted by atomic mass is 32.2. The molecule has 140 valence electrons. The van der Waals surface area contributed by atoms with Crippen molar-refractivity contribution in [2.45, 2.75) is 30.3 Å². The van der Waals surface area contributed by atoms with Crippen molar-refractivity contribution in [3.05, 3.63) is 51.1 Å². The van der Waals surface area contributed by atoms with Crippen LogP contribution in [0, 0.1) is 0 Å². The SMILES string of the molecule is CN(C)S(=O)(=O)c1ccc(=O)n(CC(=O)N2CCC[C@H]2c2cccs2)c1. The molecule has 1 atom stereocenters. The molecule has 26 heavy (non-hydrogen) atoms. The summed E-state index contributed by atoms with van der Waals surface area (Å²) in [4.78, 5) is 27.8. The van der Waals surface area contributed by atoms with Crippen LogP contribution in [0.5, 0.6) is 0 Å². The van der Waals surface area contributed by atoms with E-state index in [0.29, 0.717) is 6.54 Å². The lowest BCUT2D eigenvalue weighted by Gasteiger charge is -2.24. The number of hydrogen-bond acceptors (Lipinski definition) is 5. The van der Waals surface area contributed by atoms with E-state index in [9.17, 15) is 18.0 Å². The number of carbonyl (C=O) groups is 1. The van der Waals surface area contributed by atoms with Crippen molar-refractivity contribution < 1.29 is 13.2 Å². The van der Waals surface area contributed by atoms with Crippen molar-refractivity contribution >= 4 is 27.3 Å². The third-order valence-electron chi connectivity index (χ3n) is 4.49. The molecular weight excluding hydrogens is 374 g/mol. The molecule has 0 aromatic carbocycles. The van der Waals surface area contributed by atoms with Crippen molar-refractivity contribution in [3.8, 4) is 0 Å². The van der Waals surface area contributed by atoms with Gasteiger partial charge in [-0.25, -0.2) is 12.7 Å². The molecule has 2 aromatic rings. The fraction of sp³-hybridized carbons (Fsp3) is 0.412. The van der Waals surface area contributed by atoms with Crippen molar-refractivity contribution in [3.63, 3.8) is 0 Å². The quantitative estimate of drug-likeness (QED) is 0.769. The van der Waals surface area contributed by atoms with Gasteiger partial charge >= 0.3 is 0 Å². The molecule has 3 heterocycles. The lowest BCUT2D eigenvalue weighted by molar-refractivity contribution is -0.132. The molecule has 0 bridgehead atoms. The highest BCUT2D eigenvalue weighted by Crippen LogP contribution is 2.34. The zero-order valence-electron chi connectivity index (χ0n) is 14.7. The van der Waals surface area contributed by atoms with Crippen LogP contribution in [-0.4, -0.2) is 48.7 Å². The van der Waals surface area contributed by atoms with E-state index in [1.54, 1.807) is 16.2 Å². The Morgan fingerprint density at radius 3 is 2.73 bits per heavy atom. The van der Waals surface area contributed by atoms with E-state index in [2.05, 4.69) is 0 Å². The summed E-state index contributed by atoms with van der Waals surface area (Å²) >= 11 is 1.61. The molecular formula is C17H21N3O4S2. The second kappa shape index (κ2) is 7.34. The molecule has 0 radical (unpaired) electrons. The standard InChI is InChI=1S/C17H21N3O4S2/c1-18(2)26(23,24)13-7-8-16(21)19(11-13)12-17(22)20-9-3-5-14(20)15-6-4-10-25-15/h4,6-8,10-11,14H,3,5,9,12H2,1-2H3/t14-/m0/s1. The number of nitrogens with zero attached hydrogens (tertiary/aromatic N) is 3. The van der Waals surface area contributed by atoms with Gasteiger partial charge in [-0.15, -0.1) is 11.3 Å². The first kappa shape index (κ1) is 18.8. The van der Waals surface area contributed by atoms with Crippen LogP contribution < -0.4 is 5.56 Å². The molecule has 1 aliphatic rings. The van der Waals surface area contributed by atoms with Crippen LogP contribution in [0.15, 0.2) is 45.5 Å². The summed E-state index contributed by atoms with van der Waals surface area (Å²) in [6, 6.07) is 6.46. The lowest BCUT2D eigenvalue weighted by atomic mass is 10.2. The van der Waals surface area contributed by atoms with Gasteiger partial charge in [-0.2, -0.15) is 0 Å². The summed E-state index contributed by atoms with van der Waals surface area (Å²) in [5.74, 6) is -0.178. The predicted molar refractivity (Wildman–Crippen MR) is 99.6 cm³/mol. The first-order chi connectivity index (χ1) is 12.3. The van der Waals surface area contributed by atoms with Gasteiger partial charge in [-0.3, -0.25) is 9.59 Å². The monoisotopic (exact) mass is 395 g/mol. The molecule has 1 aliphatic heterocycles. The van der Waals surface area contributed by atoms with Gasteiger partial charge in [-0.05, 0) is 30.4 Å². The van der Waals surface area contributed by atoms with E-state index < -0.39 is 15.6 Å². The Bertz CT molecular complexity index is 949. The minimum atomic E-state index is -3.67. The van der Waals surface area contributed by atoms with Crippen LogP contribution in [0.2, 0.25) is 0 Å². The van der Waals surface area contributed by atoms with E-state index in [1.165, 1.54) is 37.0 Å². The lowest BCUT2D eigenvalue weighted by Crippen LogP contribution is -2.36. The van der Waals surface area contributed by atoms with Gasteiger partial charge in [0.05, 0.1) is 10.9 Å². The Balaban J connectivity index is 1.84. The van der Waals surface area contributed by atoms with Crippen LogP contribution in [0.3, 0.4) is 0 Å². The topological polar surface area (TPSA) is 79.7 Å². The van der Waals surface area contributed by atoms with Gasteiger partial charge in [0, 0.05) is 37.8 Å². The van der Waals surface area contributed by atoms with E-state index in [0.717, 1.165) is 22.0 Å². The predicted octanol–water partition coefficient (Wildman–Crippen LogP) is 1.52. The van der Waals surface area contributed by atoms with Gasteiger partial charge in [0.2, 0.25) is 15.9 Å². The Labute approximate surface area is 156 Å². The second-order valence-corrected chi connectivity index (χ2v) is 9.51. The summed E-state index contributed by atoms with van der Waals surface area (Å²) in [6.07, 6.45) is 3.06. The molecule has 1 saturated heterocycles. The van der Waals surface area contributed by atoms with Crippen LogP contribution in [0.4, 0.5) is 0 Å². The van der Waals surface area contributed by atoms with Gasteiger partial charge in [0.25, 0.3) is 5.56 Å². The van der Waals surface area contributed by atoms with E-state index in [1.807, 2.05) is 17.5 Å². The first-order valence-electron chi connectivity index (χ1n) is 8.26. The van der Waals surface area contributed by atoms with Crippen molar-refractivity contribution in [1.29, 1.82) is 0 Å². The number of pyridine rings is 1. The number of likely N-dealkylation sites (tertiary alicyclic amines) is 1. The Hall–Kier alpha value is -1.97. The molecule has 0 aliphatic carbocycles. The summed E-state index contributed by atoms with van der Waals surface area (Å²) in [5, 5.41) is 1.98. The number of hydrogen-bond donors (Lipinski definition) is 0. The third kappa shape index (κ3) is 3.60.